The first-order valence-corrected chi connectivity index (χ1v) is 7.84. The molecule has 124 valence electrons. The average Bonchev–Trinajstić information content (AvgIpc) is 2.54. The van der Waals surface area contributed by atoms with E-state index in [1.807, 2.05) is 39.8 Å². The van der Waals surface area contributed by atoms with Crippen molar-refractivity contribution in [2.75, 3.05) is 19.7 Å². The first-order valence-electron chi connectivity index (χ1n) is 7.84. The van der Waals surface area contributed by atoms with Crippen molar-refractivity contribution in [2.24, 2.45) is 0 Å². The van der Waals surface area contributed by atoms with Crippen LogP contribution in [0, 0.1) is 20.8 Å². The van der Waals surface area contributed by atoms with Gasteiger partial charge in [-0.15, -0.1) is 0 Å². The average molecular weight is 317 g/mol. The monoisotopic (exact) mass is 317 g/mol. The number of likely N-dealkylation sites (N-methyl/N-ethyl adjacent to an activating group) is 1. The van der Waals surface area contributed by atoms with Crippen LogP contribution in [-0.2, 0) is 4.79 Å². The van der Waals surface area contributed by atoms with Gasteiger partial charge in [0.25, 0.3) is 5.91 Å². The van der Waals surface area contributed by atoms with E-state index in [4.69, 9.17) is 9.15 Å². The third-order valence-electron chi connectivity index (χ3n) is 4.29. The fourth-order valence-electron chi connectivity index (χ4n) is 2.59. The zero-order valence-electron chi connectivity index (χ0n) is 14.4. The second-order valence-electron chi connectivity index (χ2n) is 5.56. The van der Waals surface area contributed by atoms with Gasteiger partial charge in [-0.05, 0) is 52.3 Å². The molecular weight excluding hydrogens is 294 g/mol. The summed E-state index contributed by atoms with van der Waals surface area (Å²) >= 11 is 0. The van der Waals surface area contributed by atoms with Crippen molar-refractivity contribution in [1.29, 1.82) is 0 Å². The van der Waals surface area contributed by atoms with E-state index >= 15 is 0 Å². The third-order valence-corrected chi connectivity index (χ3v) is 4.29. The number of hydrogen-bond donors (Lipinski definition) is 0. The molecule has 0 spiro atoms. The zero-order chi connectivity index (χ0) is 17.1. The van der Waals surface area contributed by atoms with Crippen LogP contribution in [0.4, 0.5) is 0 Å². The van der Waals surface area contributed by atoms with Gasteiger partial charge in [0.15, 0.2) is 6.61 Å². The number of carbonyl (C=O) groups excluding carboxylic acids is 1. The molecule has 1 heterocycles. The molecule has 0 N–H and O–H groups in total. The quantitative estimate of drug-likeness (QED) is 0.796. The maximum atomic E-state index is 12.0. The summed E-state index contributed by atoms with van der Waals surface area (Å²) in [5.74, 6) is 0.500. The molecule has 2 rings (SSSR count). The minimum absolute atomic E-state index is 0.0247. The van der Waals surface area contributed by atoms with Crippen LogP contribution in [0.15, 0.2) is 21.3 Å². The number of benzene rings is 1. The summed E-state index contributed by atoms with van der Waals surface area (Å²) in [6, 6.07) is 3.68. The van der Waals surface area contributed by atoms with Gasteiger partial charge in [-0.3, -0.25) is 4.79 Å². The number of ether oxygens (including phenoxy) is 1. The lowest BCUT2D eigenvalue weighted by molar-refractivity contribution is -0.132. The highest BCUT2D eigenvalue weighted by Gasteiger charge is 2.15. The van der Waals surface area contributed by atoms with E-state index in [-0.39, 0.29) is 18.1 Å². The molecule has 0 saturated carbocycles. The molecule has 5 heteroatoms. The van der Waals surface area contributed by atoms with Gasteiger partial charge in [0, 0.05) is 29.6 Å². The molecule has 1 aromatic carbocycles. The number of rotatable bonds is 5. The lowest BCUT2D eigenvalue weighted by atomic mass is 10.0. The number of nitrogens with zero attached hydrogens (tertiary/aromatic N) is 1. The summed E-state index contributed by atoms with van der Waals surface area (Å²) < 4.78 is 11.1. The molecule has 2 aromatic rings. The van der Waals surface area contributed by atoms with Gasteiger partial charge in [-0.2, -0.15) is 0 Å². The van der Waals surface area contributed by atoms with Gasteiger partial charge in [0.1, 0.15) is 11.3 Å². The van der Waals surface area contributed by atoms with Crippen LogP contribution in [0.25, 0.3) is 11.0 Å². The van der Waals surface area contributed by atoms with Crippen molar-refractivity contribution < 1.29 is 13.9 Å². The van der Waals surface area contributed by atoms with Crippen molar-refractivity contribution in [1.82, 2.24) is 4.90 Å². The van der Waals surface area contributed by atoms with Gasteiger partial charge >= 0.3 is 5.63 Å². The van der Waals surface area contributed by atoms with E-state index in [0.29, 0.717) is 30.0 Å². The van der Waals surface area contributed by atoms with Crippen LogP contribution in [-0.4, -0.2) is 30.5 Å². The van der Waals surface area contributed by atoms with Crippen LogP contribution in [0.3, 0.4) is 0 Å². The first kappa shape index (κ1) is 17.1. The molecule has 0 radical (unpaired) electrons. The van der Waals surface area contributed by atoms with Crippen LogP contribution in [0.1, 0.15) is 30.5 Å². The van der Waals surface area contributed by atoms with Crippen molar-refractivity contribution in [3.05, 3.63) is 39.2 Å². The van der Waals surface area contributed by atoms with E-state index in [9.17, 15) is 9.59 Å². The SMILES string of the molecule is CCN(CC)C(=O)COc1ccc2c(C)c(C)c(=O)oc2c1C. The minimum atomic E-state index is -0.338. The van der Waals surface area contributed by atoms with Crippen LogP contribution < -0.4 is 10.4 Å². The van der Waals surface area contributed by atoms with Crippen molar-refractivity contribution >= 4 is 16.9 Å². The van der Waals surface area contributed by atoms with Crippen LogP contribution in [0.5, 0.6) is 5.75 Å². The van der Waals surface area contributed by atoms with Gasteiger partial charge < -0.3 is 14.1 Å². The molecule has 0 aliphatic rings. The van der Waals surface area contributed by atoms with Crippen LogP contribution in [0.2, 0.25) is 0 Å². The fraction of sp³-hybridized carbons (Fsp3) is 0.444. The van der Waals surface area contributed by atoms with E-state index in [0.717, 1.165) is 16.5 Å². The lowest BCUT2D eigenvalue weighted by Gasteiger charge is -2.19. The highest BCUT2D eigenvalue weighted by atomic mass is 16.5. The van der Waals surface area contributed by atoms with E-state index in [1.165, 1.54) is 0 Å². The molecule has 1 amide bonds. The number of fused-ring (bicyclic) bond motifs is 1. The van der Waals surface area contributed by atoms with Crippen molar-refractivity contribution in [2.45, 2.75) is 34.6 Å². The summed E-state index contributed by atoms with van der Waals surface area (Å²) in [6.45, 7) is 10.6. The minimum Gasteiger partial charge on any atom is -0.483 e. The van der Waals surface area contributed by atoms with Crippen LogP contribution >= 0.6 is 0 Å². The maximum absolute atomic E-state index is 12.0. The van der Waals surface area contributed by atoms with E-state index in [1.54, 1.807) is 11.8 Å². The largest absolute Gasteiger partial charge is 0.483 e. The van der Waals surface area contributed by atoms with E-state index < -0.39 is 0 Å². The molecule has 0 aliphatic carbocycles. The summed E-state index contributed by atoms with van der Waals surface area (Å²) in [6.07, 6.45) is 0. The predicted molar refractivity (Wildman–Crippen MR) is 90.1 cm³/mol. The second kappa shape index (κ2) is 6.86. The Morgan fingerprint density at radius 3 is 2.35 bits per heavy atom. The highest BCUT2D eigenvalue weighted by Crippen LogP contribution is 2.29. The van der Waals surface area contributed by atoms with E-state index in [2.05, 4.69) is 0 Å². The molecule has 23 heavy (non-hydrogen) atoms. The summed E-state index contributed by atoms with van der Waals surface area (Å²) in [4.78, 5) is 25.6. The summed E-state index contributed by atoms with van der Waals surface area (Å²) in [7, 11) is 0. The van der Waals surface area contributed by atoms with Gasteiger partial charge in [0.2, 0.25) is 0 Å². The molecule has 0 fully saturated rings. The van der Waals surface area contributed by atoms with Crippen molar-refractivity contribution in [3.63, 3.8) is 0 Å². The fourth-order valence-corrected chi connectivity index (χ4v) is 2.59. The Hall–Kier alpha value is -2.30. The second-order valence-corrected chi connectivity index (χ2v) is 5.56. The van der Waals surface area contributed by atoms with Gasteiger partial charge in [-0.25, -0.2) is 4.79 Å². The third kappa shape index (κ3) is 3.23. The molecule has 0 aliphatic heterocycles. The van der Waals surface area contributed by atoms with Crippen molar-refractivity contribution in [3.8, 4) is 5.75 Å². The molecular formula is C18H23NO4. The molecule has 5 nitrogen and oxygen atoms in total. The highest BCUT2D eigenvalue weighted by molar-refractivity contribution is 5.85. The topological polar surface area (TPSA) is 59.8 Å². The Bertz CT molecular complexity index is 788. The number of carbonyl (C=O) groups is 1. The summed E-state index contributed by atoms with van der Waals surface area (Å²) in [5.41, 5.74) is 2.43. The maximum Gasteiger partial charge on any atom is 0.339 e. The summed E-state index contributed by atoms with van der Waals surface area (Å²) in [5, 5.41) is 0.891. The van der Waals surface area contributed by atoms with Gasteiger partial charge in [-0.1, -0.05) is 0 Å². The first-order chi connectivity index (χ1) is 10.9. The molecule has 0 unspecified atom stereocenters. The Morgan fingerprint density at radius 1 is 1.09 bits per heavy atom. The Morgan fingerprint density at radius 2 is 1.74 bits per heavy atom. The van der Waals surface area contributed by atoms with Gasteiger partial charge in [0.05, 0.1) is 0 Å². The standard InChI is InChI=1S/C18H23NO4/c1-6-19(7-2)16(20)10-22-15-9-8-14-11(3)12(4)18(21)23-17(14)13(15)5/h8-9H,6-7,10H2,1-5H3. The number of aryl methyl sites for hydroxylation is 2. The molecule has 0 bridgehead atoms. The molecule has 1 aromatic heterocycles. The Labute approximate surface area is 135 Å². The molecule has 0 atom stereocenters. The smallest absolute Gasteiger partial charge is 0.339 e. The number of hydrogen-bond acceptors (Lipinski definition) is 4. The lowest BCUT2D eigenvalue weighted by Crippen LogP contribution is -2.34. The number of amides is 1. The predicted octanol–water partition coefficient (Wildman–Crippen LogP) is 2.97. The Balaban J connectivity index is 2.33. The molecule has 0 saturated heterocycles. The zero-order valence-corrected chi connectivity index (χ0v) is 14.4. The normalized spacial score (nSPS) is 10.8. The Kier molecular flexibility index (Phi) is 5.08.